The molecule has 1 amide bonds. The quantitative estimate of drug-likeness (QED) is 0.309. The van der Waals surface area contributed by atoms with Gasteiger partial charge in [0.2, 0.25) is 0 Å². The Morgan fingerprint density at radius 2 is 1.93 bits per heavy atom. The number of hydrogen-bond acceptors (Lipinski definition) is 5. The van der Waals surface area contributed by atoms with Crippen LogP contribution < -0.4 is 0 Å². The van der Waals surface area contributed by atoms with Gasteiger partial charge in [-0.2, -0.15) is 0 Å². The first-order valence-corrected chi connectivity index (χ1v) is 15.6. The molecular weight excluding hydrogens is 552 g/mol. The summed E-state index contributed by atoms with van der Waals surface area (Å²) in [6.07, 6.45) is 7.88. The van der Waals surface area contributed by atoms with Crippen LogP contribution in [0, 0.1) is 17.0 Å². The van der Waals surface area contributed by atoms with Crippen molar-refractivity contribution in [3.63, 3.8) is 0 Å². The number of halogens is 2. The van der Waals surface area contributed by atoms with Crippen molar-refractivity contribution in [1.29, 1.82) is 0 Å². The third-order valence-electron chi connectivity index (χ3n) is 10.5. The van der Waals surface area contributed by atoms with Gasteiger partial charge in [0.25, 0.3) is 0 Å². The van der Waals surface area contributed by atoms with Crippen molar-refractivity contribution in [2.24, 2.45) is 5.41 Å². The van der Waals surface area contributed by atoms with E-state index >= 15 is 0 Å². The van der Waals surface area contributed by atoms with Gasteiger partial charge in [0.15, 0.2) is 17.4 Å². The molecule has 2 bridgehead atoms. The number of ether oxygens (including phenoxy) is 2. The fraction of sp³-hybridized carbons (Fsp3) is 0.543. The van der Waals surface area contributed by atoms with Gasteiger partial charge in [-0.3, -0.25) is 4.79 Å². The number of aliphatic hydroxyl groups excluding tert-OH is 1. The van der Waals surface area contributed by atoms with Gasteiger partial charge in [-0.1, -0.05) is 30.7 Å². The molecule has 0 aromatic heterocycles. The number of nitrogens with zero attached hydrogens (tertiary/aromatic N) is 1. The lowest BCUT2D eigenvalue weighted by Gasteiger charge is -2.43. The van der Waals surface area contributed by atoms with E-state index < -0.39 is 28.8 Å². The summed E-state index contributed by atoms with van der Waals surface area (Å²) in [5, 5.41) is 10.8. The van der Waals surface area contributed by atoms with E-state index in [4.69, 9.17) is 9.47 Å². The lowest BCUT2D eigenvalue weighted by Crippen LogP contribution is -2.48. The van der Waals surface area contributed by atoms with Crippen molar-refractivity contribution in [2.45, 2.75) is 95.4 Å². The molecule has 1 N–H and O–H groups in total. The maximum Gasteiger partial charge on any atom is 0.410 e. The molecule has 0 radical (unpaired) electrons. The van der Waals surface area contributed by atoms with E-state index in [2.05, 4.69) is 19.9 Å². The van der Waals surface area contributed by atoms with E-state index in [0.29, 0.717) is 50.9 Å². The van der Waals surface area contributed by atoms with Gasteiger partial charge in [-0.25, -0.2) is 13.6 Å². The van der Waals surface area contributed by atoms with E-state index in [1.807, 2.05) is 18.2 Å². The number of carbonyl (C=O) groups excluding carboxylic acids is 2. The van der Waals surface area contributed by atoms with Crippen molar-refractivity contribution in [3.05, 3.63) is 81.9 Å². The largest absolute Gasteiger partial charge is 0.440 e. The molecule has 5 aliphatic rings. The van der Waals surface area contributed by atoms with E-state index in [1.165, 1.54) is 11.6 Å². The maximum absolute atomic E-state index is 14.2. The summed E-state index contributed by atoms with van der Waals surface area (Å²) >= 11 is 0. The number of benzene rings is 2. The molecule has 43 heavy (non-hydrogen) atoms. The summed E-state index contributed by atoms with van der Waals surface area (Å²) < 4.78 is 40.2. The van der Waals surface area contributed by atoms with Crippen molar-refractivity contribution < 1.29 is 33.0 Å². The topological polar surface area (TPSA) is 76.1 Å². The van der Waals surface area contributed by atoms with Crippen LogP contribution in [0.3, 0.4) is 0 Å². The Morgan fingerprint density at radius 1 is 1.09 bits per heavy atom. The zero-order chi connectivity index (χ0) is 30.4. The molecule has 3 aliphatic carbocycles. The number of fused-ring (bicyclic) bond motifs is 8. The van der Waals surface area contributed by atoms with Gasteiger partial charge in [0.1, 0.15) is 5.60 Å². The second kappa shape index (κ2) is 11.8. The summed E-state index contributed by atoms with van der Waals surface area (Å²) in [6.45, 7) is 5.97. The van der Waals surface area contributed by atoms with E-state index in [0.717, 1.165) is 55.4 Å². The highest BCUT2D eigenvalue weighted by molar-refractivity contribution is 6.10. The number of amides is 1. The van der Waals surface area contributed by atoms with Crippen molar-refractivity contribution in [3.8, 4) is 0 Å². The first kappa shape index (κ1) is 29.9. The van der Waals surface area contributed by atoms with Crippen LogP contribution in [0.2, 0.25) is 0 Å². The predicted molar refractivity (Wildman–Crippen MR) is 158 cm³/mol. The number of allylic oxidation sites excluding steroid dienone is 2. The first-order chi connectivity index (χ1) is 20.6. The summed E-state index contributed by atoms with van der Waals surface area (Å²) in [5.41, 5.74) is 2.11. The summed E-state index contributed by atoms with van der Waals surface area (Å²) in [7, 11) is 0. The fourth-order valence-corrected chi connectivity index (χ4v) is 7.95. The van der Waals surface area contributed by atoms with Crippen LogP contribution in [0.4, 0.5) is 13.6 Å². The molecule has 7 rings (SSSR count). The highest BCUT2D eigenvalue weighted by Crippen LogP contribution is 2.61. The molecule has 230 valence electrons. The van der Waals surface area contributed by atoms with Crippen molar-refractivity contribution in [1.82, 2.24) is 4.90 Å². The molecule has 3 fully saturated rings. The molecule has 2 saturated heterocycles. The van der Waals surface area contributed by atoms with Crippen LogP contribution in [-0.4, -0.2) is 59.4 Å². The Balaban J connectivity index is 1.42. The van der Waals surface area contributed by atoms with Gasteiger partial charge in [-0.05, 0) is 106 Å². The third kappa shape index (κ3) is 5.64. The Hall–Kier alpha value is -3.10. The molecule has 0 unspecified atom stereocenters. The van der Waals surface area contributed by atoms with Gasteiger partial charge >= 0.3 is 6.09 Å². The SMILES string of the molecule is CC1=CCC[C@@]2(C)[C@@H](CC[C@@]23CN(C[C@H]2CCCO2)C(=O)O3)c2ccc(cc2C(=O)c2ccc(F)c(F)c2)C[C@@H](O)CC1. The fourth-order valence-electron chi connectivity index (χ4n) is 7.95. The molecule has 1 saturated carbocycles. The van der Waals surface area contributed by atoms with Crippen LogP contribution in [0.5, 0.6) is 0 Å². The van der Waals surface area contributed by atoms with Crippen LogP contribution in [0.15, 0.2) is 48.0 Å². The van der Waals surface area contributed by atoms with Crippen molar-refractivity contribution >= 4 is 11.9 Å². The lowest BCUT2D eigenvalue weighted by molar-refractivity contribution is -0.0374. The zero-order valence-electron chi connectivity index (χ0n) is 25.0. The molecule has 5 atom stereocenters. The smallest absolute Gasteiger partial charge is 0.410 e. The Morgan fingerprint density at radius 3 is 2.70 bits per heavy atom. The minimum absolute atomic E-state index is 0.0190. The van der Waals surface area contributed by atoms with Crippen LogP contribution >= 0.6 is 0 Å². The minimum Gasteiger partial charge on any atom is -0.440 e. The van der Waals surface area contributed by atoms with E-state index in [-0.39, 0.29) is 29.5 Å². The second-order valence-electron chi connectivity index (χ2n) is 13.3. The van der Waals surface area contributed by atoms with E-state index in [9.17, 15) is 23.5 Å². The monoisotopic (exact) mass is 593 g/mol. The molecular formula is C35H41F2NO5. The maximum atomic E-state index is 14.2. The van der Waals surface area contributed by atoms with Crippen LogP contribution in [0.1, 0.15) is 98.2 Å². The Kier molecular flexibility index (Phi) is 8.20. The molecule has 2 heterocycles. The molecule has 2 aromatic rings. The van der Waals surface area contributed by atoms with Gasteiger partial charge in [-0.15, -0.1) is 0 Å². The number of carbonyl (C=O) groups is 2. The molecule has 2 aliphatic heterocycles. The highest BCUT2D eigenvalue weighted by Gasteiger charge is 2.64. The first-order valence-electron chi connectivity index (χ1n) is 15.6. The average molecular weight is 594 g/mol. The Labute approximate surface area is 252 Å². The number of rotatable bonds is 4. The van der Waals surface area contributed by atoms with Crippen LogP contribution in [-0.2, 0) is 15.9 Å². The summed E-state index contributed by atoms with van der Waals surface area (Å²) in [4.78, 5) is 29.1. The van der Waals surface area contributed by atoms with E-state index in [1.54, 1.807) is 4.90 Å². The van der Waals surface area contributed by atoms with Gasteiger partial charge in [0, 0.05) is 23.1 Å². The summed E-state index contributed by atoms with van der Waals surface area (Å²) in [6, 6.07) is 8.98. The number of ketones is 1. The van der Waals surface area contributed by atoms with Crippen molar-refractivity contribution in [2.75, 3.05) is 19.7 Å². The van der Waals surface area contributed by atoms with Gasteiger partial charge in [0.05, 0.1) is 25.3 Å². The average Bonchev–Trinajstić information content (AvgIpc) is 3.67. The molecule has 6 nitrogen and oxygen atoms in total. The standard InChI is InChI=1S/C35H41F2NO5/c1-22-5-3-14-34(2)29(13-15-35(34)21-38(33(41)43-35)20-26-6-4-16-42-26)27-11-8-23(17-25(39)10-7-22)18-28(27)32(40)24-9-12-30(36)31(37)19-24/h5,8-9,11-12,18-19,25-26,29,39H,3-4,6-7,10,13-17,20-21H2,1-2H3/t25-,26+,29-,34-,35+/m0/s1. The minimum atomic E-state index is -1.07. The number of aliphatic hydroxyl groups is 1. The zero-order valence-corrected chi connectivity index (χ0v) is 25.0. The normalized spacial score (nSPS) is 31.2. The second-order valence-corrected chi connectivity index (χ2v) is 13.3. The molecule has 8 heteroatoms. The van der Waals surface area contributed by atoms with Gasteiger partial charge < -0.3 is 19.5 Å². The molecule has 1 spiro atoms. The highest BCUT2D eigenvalue weighted by atomic mass is 19.2. The lowest BCUT2D eigenvalue weighted by atomic mass is 9.64. The summed E-state index contributed by atoms with van der Waals surface area (Å²) in [5.74, 6) is -2.59. The number of hydrogen-bond donors (Lipinski definition) is 1. The predicted octanol–water partition coefficient (Wildman–Crippen LogP) is 6.87. The molecule has 2 aromatic carbocycles. The third-order valence-corrected chi connectivity index (χ3v) is 10.5. The van der Waals surface area contributed by atoms with Crippen LogP contribution in [0.25, 0.3) is 0 Å². The Bertz CT molecular complexity index is 1440.